The molecule has 21 heavy (non-hydrogen) atoms. The number of anilines is 1. The standard InChI is InChI=1S/C16H19NO4/c1-19-15(18)17-13-5-3-2-4-11(13)12-10-16(7-6-14(12)17)20-8-9-21-16/h2-5,12,14H,6-10H2,1H3/t12-,14+/m1/s1. The Labute approximate surface area is 123 Å². The van der Waals surface area contributed by atoms with Gasteiger partial charge in [-0.25, -0.2) is 4.79 Å². The van der Waals surface area contributed by atoms with Crippen LogP contribution in [0.2, 0.25) is 0 Å². The quantitative estimate of drug-likeness (QED) is 0.736. The Bertz CT molecular complexity index is 567. The Morgan fingerprint density at radius 1 is 1.33 bits per heavy atom. The van der Waals surface area contributed by atoms with Crippen molar-refractivity contribution in [3.63, 3.8) is 0 Å². The van der Waals surface area contributed by atoms with Gasteiger partial charge in [-0.1, -0.05) is 18.2 Å². The van der Waals surface area contributed by atoms with Crippen LogP contribution in [0.3, 0.4) is 0 Å². The number of fused-ring (bicyclic) bond motifs is 3. The number of rotatable bonds is 0. The van der Waals surface area contributed by atoms with Crippen molar-refractivity contribution in [1.29, 1.82) is 0 Å². The van der Waals surface area contributed by atoms with Crippen molar-refractivity contribution in [2.75, 3.05) is 25.2 Å². The smallest absolute Gasteiger partial charge is 0.414 e. The van der Waals surface area contributed by atoms with Crippen LogP contribution in [-0.4, -0.2) is 38.2 Å². The molecule has 1 aliphatic carbocycles. The second-order valence-electron chi connectivity index (χ2n) is 5.92. The summed E-state index contributed by atoms with van der Waals surface area (Å²) in [5.41, 5.74) is 2.17. The molecule has 112 valence electrons. The Hall–Kier alpha value is -1.59. The van der Waals surface area contributed by atoms with Crippen LogP contribution in [-0.2, 0) is 14.2 Å². The van der Waals surface area contributed by atoms with Crippen molar-refractivity contribution in [1.82, 2.24) is 0 Å². The Morgan fingerprint density at radius 2 is 2.10 bits per heavy atom. The number of hydrogen-bond donors (Lipinski definition) is 0. The number of ether oxygens (including phenoxy) is 3. The molecule has 1 aromatic rings. The van der Waals surface area contributed by atoms with Crippen LogP contribution in [0.5, 0.6) is 0 Å². The van der Waals surface area contributed by atoms with Crippen molar-refractivity contribution in [2.24, 2.45) is 0 Å². The summed E-state index contributed by atoms with van der Waals surface area (Å²) in [6.07, 6.45) is 2.23. The molecule has 0 bridgehead atoms. The SMILES string of the molecule is COC(=O)N1c2ccccc2[C@H]2CC3(CC[C@@H]21)OCCO3. The lowest BCUT2D eigenvalue weighted by atomic mass is 9.79. The molecule has 3 aliphatic rings. The first kappa shape index (κ1) is 13.1. The van der Waals surface area contributed by atoms with Crippen LogP contribution in [0, 0.1) is 0 Å². The van der Waals surface area contributed by atoms with Gasteiger partial charge >= 0.3 is 6.09 Å². The van der Waals surface area contributed by atoms with Crippen LogP contribution in [0.4, 0.5) is 10.5 Å². The highest BCUT2D eigenvalue weighted by Gasteiger charge is 2.52. The van der Waals surface area contributed by atoms with E-state index in [1.165, 1.54) is 12.7 Å². The third-order valence-electron chi connectivity index (χ3n) is 4.93. The number of benzene rings is 1. The zero-order valence-corrected chi connectivity index (χ0v) is 12.1. The average molecular weight is 289 g/mol. The summed E-state index contributed by atoms with van der Waals surface area (Å²) in [5, 5.41) is 0. The summed E-state index contributed by atoms with van der Waals surface area (Å²) < 4.78 is 16.7. The zero-order chi connectivity index (χ0) is 14.4. The molecule has 1 saturated heterocycles. The molecule has 1 amide bonds. The molecule has 2 heterocycles. The van der Waals surface area contributed by atoms with E-state index >= 15 is 0 Å². The van der Waals surface area contributed by atoms with Gasteiger partial charge < -0.3 is 14.2 Å². The van der Waals surface area contributed by atoms with E-state index in [0.29, 0.717) is 13.2 Å². The molecule has 0 radical (unpaired) electrons. The third-order valence-corrected chi connectivity index (χ3v) is 4.93. The monoisotopic (exact) mass is 289 g/mol. The van der Waals surface area contributed by atoms with Gasteiger partial charge in [0.25, 0.3) is 0 Å². The maximum absolute atomic E-state index is 12.2. The van der Waals surface area contributed by atoms with Crippen molar-refractivity contribution in [3.05, 3.63) is 29.8 Å². The molecule has 0 aromatic heterocycles. The first-order valence-electron chi connectivity index (χ1n) is 7.48. The predicted molar refractivity (Wildman–Crippen MR) is 76.3 cm³/mol. The molecule has 0 N–H and O–H groups in total. The van der Waals surface area contributed by atoms with E-state index < -0.39 is 5.79 Å². The minimum absolute atomic E-state index is 0.147. The Kier molecular flexibility index (Phi) is 2.94. The van der Waals surface area contributed by atoms with Gasteiger partial charge in [0.05, 0.1) is 26.0 Å². The number of carbonyl (C=O) groups excluding carboxylic acids is 1. The first-order valence-corrected chi connectivity index (χ1v) is 7.48. The number of amides is 1. The average Bonchev–Trinajstić information content (AvgIpc) is 3.10. The van der Waals surface area contributed by atoms with Crippen LogP contribution >= 0.6 is 0 Å². The number of carbonyl (C=O) groups is 1. The van der Waals surface area contributed by atoms with E-state index in [1.807, 2.05) is 23.1 Å². The van der Waals surface area contributed by atoms with Gasteiger partial charge in [0.15, 0.2) is 5.79 Å². The molecule has 1 spiro atoms. The molecule has 2 aliphatic heterocycles. The summed E-state index contributed by atoms with van der Waals surface area (Å²) in [6.45, 7) is 1.33. The Morgan fingerprint density at radius 3 is 2.86 bits per heavy atom. The van der Waals surface area contributed by atoms with E-state index in [-0.39, 0.29) is 18.1 Å². The van der Waals surface area contributed by atoms with Crippen LogP contribution in [0.1, 0.15) is 30.7 Å². The lowest BCUT2D eigenvalue weighted by Crippen LogP contribution is -2.47. The van der Waals surface area contributed by atoms with Crippen molar-refractivity contribution in [3.8, 4) is 0 Å². The minimum atomic E-state index is -0.444. The molecule has 1 aromatic carbocycles. The minimum Gasteiger partial charge on any atom is -0.452 e. The van der Waals surface area contributed by atoms with E-state index in [9.17, 15) is 4.79 Å². The highest BCUT2D eigenvalue weighted by molar-refractivity contribution is 5.91. The molecule has 2 fully saturated rings. The molecule has 1 saturated carbocycles. The number of nitrogens with zero attached hydrogens (tertiary/aromatic N) is 1. The molecular weight excluding hydrogens is 270 g/mol. The van der Waals surface area contributed by atoms with Gasteiger partial charge in [0, 0.05) is 24.8 Å². The number of methoxy groups -OCH3 is 1. The van der Waals surface area contributed by atoms with Gasteiger partial charge in [0.2, 0.25) is 0 Å². The number of hydrogen-bond acceptors (Lipinski definition) is 4. The number of para-hydroxylation sites is 1. The van der Waals surface area contributed by atoms with E-state index in [0.717, 1.165) is 24.9 Å². The lowest BCUT2D eigenvalue weighted by Gasteiger charge is -2.40. The topological polar surface area (TPSA) is 48.0 Å². The van der Waals surface area contributed by atoms with Gasteiger partial charge in [-0.05, 0) is 18.1 Å². The van der Waals surface area contributed by atoms with E-state index in [1.54, 1.807) is 0 Å². The summed E-state index contributed by atoms with van der Waals surface area (Å²) in [7, 11) is 1.44. The normalized spacial score (nSPS) is 29.3. The second kappa shape index (κ2) is 4.71. The Balaban J connectivity index is 1.72. The predicted octanol–water partition coefficient (Wildman–Crippen LogP) is 2.65. The fraction of sp³-hybridized carbons (Fsp3) is 0.562. The first-order chi connectivity index (χ1) is 10.2. The van der Waals surface area contributed by atoms with Crippen LogP contribution in [0.25, 0.3) is 0 Å². The second-order valence-corrected chi connectivity index (χ2v) is 5.92. The fourth-order valence-corrected chi connectivity index (χ4v) is 4.06. The van der Waals surface area contributed by atoms with E-state index in [2.05, 4.69) is 6.07 Å². The molecular formula is C16H19NO4. The third kappa shape index (κ3) is 1.88. The molecule has 5 nitrogen and oxygen atoms in total. The van der Waals surface area contributed by atoms with Crippen LogP contribution in [0.15, 0.2) is 24.3 Å². The molecule has 0 unspecified atom stereocenters. The van der Waals surface area contributed by atoms with Crippen LogP contribution < -0.4 is 4.90 Å². The maximum Gasteiger partial charge on any atom is 0.414 e. The molecule has 4 rings (SSSR count). The molecule has 2 atom stereocenters. The summed E-state index contributed by atoms with van der Waals surface area (Å²) in [4.78, 5) is 14.0. The van der Waals surface area contributed by atoms with Gasteiger partial charge in [-0.15, -0.1) is 0 Å². The van der Waals surface area contributed by atoms with Gasteiger partial charge in [-0.2, -0.15) is 0 Å². The van der Waals surface area contributed by atoms with Crippen molar-refractivity contribution in [2.45, 2.75) is 37.0 Å². The van der Waals surface area contributed by atoms with Gasteiger partial charge in [0.1, 0.15) is 0 Å². The fourth-order valence-electron chi connectivity index (χ4n) is 4.06. The highest BCUT2D eigenvalue weighted by atomic mass is 16.7. The summed E-state index contributed by atoms with van der Waals surface area (Å²) in [6, 6.07) is 8.23. The highest BCUT2D eigenvalue weighted by Crippen LogP contribution is 2.52. The van der Waals surface area contributed by atoms with Crippen molar-refractivity contribution >= 4 is 11.8 Å². The summed E-state index contributed by atoms with van der Waals surface area (Å²) in [5.74, 6) is -0.187. The largest absolute Gasteiger partial charge is 0.452 e. The van der Waals surface area contributed by atoms with Crippen molar-refractivity contribution < 1.29 is 19.0 Å². The maximum atomic E-state index is 12.2. The summed E-state index contributed by atoms with van der Waals surface area (Å²) >= 11 is 0. The van der Waals surface area contributed by atoms with E-state index in [4.69, 9.17) is 14.2 Å². The molecule has 5 heteroatoms. The lowest BCUT2D eigenvalue weighted by molar-refractivity contribution is -0.181. The van der Waals surface area contributed by atoms with Gasteiger partial charge in [-0.3, -0.25) is 4.90 Å². The zero-order valence-electron chi connectivity index (χ0n) is 12.1.